The van der Waals surface area contributed by atoms with Gasteiger partial charge in [-0.3, -0.25) is 0 Å². The van der Waals surface area contributed by atoms with Crippen LogP contribution in [0.3, 0.4) is 0 Å². The highest BCUT2D eigenvalue weighted by Crippen LogP contribution is 2.28. The van der Waals surface area contributed by atoms with Crippen LogP contribution in [0.2, 0.25) is 0 Å². The number of ether oxygens (including phenoxy) is 1. The lowest BCUT2D eigenvalue weighted by Crippen LogP contribution is -2.16. The van der Waals surface area contributed by atoms with Gasteiger partial charge in [-0.05, 0) is 54.7 Å². The molecule has 0 unspecified atom stereocenters. The number of hydrogen-bond acceptors (Lipinski definition) is 1. The van der Waals surface area contributed by atoms with Gasteiger partial charge in [-0.1, -0.05) is 42.2 Å². The molecule has 0 saturated carbocycles. The number of aryl methyl sites for hydroxylation is 2. The Morgan fingerprint density at radius 1 is 1.10 bits per heavy atom. The minimum absolute atomic E-state index is 0.0980. The molecule has 0 radical (unpaired) electrons. The smallest absolute Gasteiger partial charge is 0.144 e. The van der Waals surface area contributed by atoms with Crippen LogP contribution >= 0.6 is 0 Å². The molecular weight excluding hydrogens is 244 g/mol. The van der Waals surface area contributed by atoms with Crippen molar-refractivity contribution >= 4 is 0 Å². The van der Waals surface area contributed by atoms with Gasteiger partial charge in [0.1, 0.15) is 6.10 Å². The van der Waals surface area contributed by atoms with Gasteiger partial charge in [-0.25, -0.2) is 0 Å². The first kappa shape index (κ1) is 13.0. The minimum atomic E-state index is -0.0980. The number of hydrogen-bond donors (Lipinski definition) is 0. The molecule has 1 atom stereocenters. The van der Waals surface area contributed by atoms with Crippen LogP contribution < -0.4 is 0 Å². The Labute approximate surface area is 120 Å². The van der Waals surface area contributed by atoms with Crippen molar-refractivity contribution in [1.29, 1.82) is 0 Å². The van der Waals surface area contributed by atoms with Crippen LogP contribution in [0.15, 0.2) is 42.5 Å². The molecule has 2 aromatic rings. The first-order valence-electron chi connectivity index (χ1n) is 7.02. The van der Waals surface area contributed by atoms with Crippen molar-refractivity contribution in [2.75, 3.05) is 6.61 Å². The Morgan fingerprint density at radius 3 is 2.80 bits per heavy atom. The molecule has 0 spiro atoms. The quantitative estimate of drug-likeness (QED) is 0.653. The summed E-state index contributed by atoms with van der Waals surface area (Å²) in [5, 5.41) is 0. The van der Waals surface area contributed by atoms with Gasteiger partial charge in [0, 0.05) is 5.56 Å². The van der Waals surface area contributed by atoms with E-state index in [1.54, 1.807) is 0 Å². The number of benzene rings is 2. The van der Waals surface area contributed by atoms with E-state index in [1.807, 2.05) is 12.1 Å². The van der Waals surface area contributed by atoms with Crippen molar-refractivity contribution in [3.8, 4) is 11.8 Å². The van der Waals surface area contributed by atoms with Gasteiger partial charge in [-0.2, -0.15) is 0 Å². The van der Waals surface area contributed by atoms with Gasteiger partial charge >= 0.3 is 0 Å². The summed E-state index contributed by atoms with van der Waals surface area (Å²) >= 11 is 0. The highest BCUT2D eigenvalue weighted by Gasteiger charge is 2.19. The summed E-state index contributed by atoms with van der Waals surface area (Å²) < 4.78 is 5.84. The first-order chi connectivity index (χ1) is 9.74. The lowest BCUT2D eigenvalue weighted by Gasteiger charge is -2.23. The van der Waals surface area contributed by atoms with Crippen LogP contribution in [0.4, 0.5) is 0 Å². The molecule has 1 heterocycles. The SMILES string of the molecule is Cc1cccc(C#C[C@H]2OCCc3c(C)cccc32)c1. The molecule has 2 aromatic carbocycles. The first-order valence-corrected chi connectivity index (χ1v) is 7.02. The maximum absolute atomic E-state index is 5.84. The molecule has 0 N–H and O–H groups in total. The van der Waals surface area contributed by atoms with Crippen molar-refractivity contribution in [2.24, 2.45) is 0 Å². The van der Waals surface area contributed by atoms with Crippen molar-refractivity contribution in [3.63, 3.8) is 0 Å². The second kappa shape index (κ2) is 5.53. The van der Waals surface area contributed by atoms with E-state index in [0.717, 1.165) is 18.6 Å². The topological polar surface area (TPSA) is 9.23 Å². The largest absolute Gasteiger partial charge is 0.360 e. The van der Waals surface area contributed by atoms with Crippen LogP contribution in [0.1, 0.15) is 33.9 Å². The molecule has 1 aliphatic rings. The summed E-state index contributed by atoms with van der Waals surface area (Å²) in [5.74, 6) is 6.52. The van der Waals surface area contributed by atoms with Crippen LogP contribution in [-0.2, 0) is 11.2 Å². The molecule has 1 heteroatoms. The summed E-state index contributed by atoms with van der Waals surface area (Å²) in [6.07, 6.45) is 0.893. The van der Waals surface area contributed by atoms with Crippen LogP contribution in [0, 0.1) is 25.7 Å². The standard InChI is InChI=1S/C19H18O/c1-14-5-3-7-16(13-14)9-10-19-18-8-4-6-15(2)17(18)11-12-20-19/h3-8,13,19H,11-12H2,1-2H3/t19-/m1/s1. The monoisotopic (exact) mass is 262 g/mol. The third kappa shape index (κ3) is 2.61. The second-order valence-corrected chi connectivity index (χ2v) is 5.28. The molecule has 20 heavy (non-hydrogen) atoms. The molecule has 100 valence electrons. The fraction of sp³-hybridized carbons (Fsp3) is 0.263. The zero-order valence-electron chi connectivity index (χ0n) is 11.9. The van der Waals surface area contributed by atoms with Gasteiger partial charge in [0.05, 0.1) is 6.61 Å². The fourth-order valence-electron chi connectivity index (χ4n) is 2.67. The average Bonchev–Trinajstić information content (AvgIpc) is 2.46. The molecule has 0 fully saturated rings. The fourth-order valence-corrected chi connectivity index (χ4v) is 2.67. The molecule has 0 amide bonds. The van der Waals surface area contributed by atoms with Crippen molar-refractivity contribution < 1.29 is 4.74 Å². The Bertz CT molecular complexity index is 688. The lowest BCUT2D eigenvalue weighted by atomic mass is 9.93. The van der Waals surface area contributed by atoms with E-state index >= 15 is 0 Å². The molecule has 0 saturated heterocycles. The molecule has 0 bridgehead atoms. The van der Waals surface area contributed by atoms with Crippen LogP contribution in [0.5, 0.6) is 0 Å². The van der Waals surface area contributed by atoms with Gasteiger partial charge in [0.15, 0.2) is 0 Å². The highest BCUT2D eigenvalue weighted by atomic mass is 16.5. The van der Waals surface area contributed by atoms with Gasteiger partial charge in [0.25, 0.3) is 0 Å². The van der Waals surface area contributed by atoms with Gasteiger partial charge < -0.3 is 4.74 Å². The normalized spacial score (nSPS) is 17.0. The third-order valence-electron chi connectivity index (χ3n) is 3.73. The summed E-state index contributed by atoms with van der Waals surface area (Å²) in [4.78, 5) is 0. The van der Waals surface area contributed by atoms with E-state index in [1.165, 1.54) is 22.3 Å². The average molecular weight is 262 g/mol. The summed E-state index contributed by atoms with van der Waals surface area (Å²) in [6.45, 7) is 5.00. The summed E-state index contributed by atoms with van der Waals surface area (Å²) in [6, 6.07) is 14.7. The van der Waals surface area contributed by atoms with Gasteiger partial charge in [0.2, 0.25) is 0 Å². The zero-order chi connectivity index (χ0) is 13.9. The van der Waals surface area contributed by atoms with Crippen molar-refractivity contribution in [3.05, 3.63) is 70.3 Å². The molecule has 0 aliphatic carbocycles. The van der Waals surface area contributed by atoms with Gasteiger partial charge in [-0.15, -0.1) is 0 Å². The summed E-state index contributed by atoms with van der Waals surface area (Å²) in [5.41, 5.74) is 6.26. The maximum Gasteiger partial charge on any atom is 0.144 e. The predicted octanol–water partition coefficient (Wildman–Crippen LogP) is 3.97. The van der Waals surface area contributed by atoms with Crippen molar-refractivity contribution in [2.45, 2.75) is 26.4 Å². The van der Waals surface area contributed by atoms with E-state index in [0.29, 0.717) is 0 Å². The maximum atomic E-state index is 5.84. The zero-order valence-corrected chi connectivity index (χ0v) is 11.9. The summed E-state index contributed by atoms with van der Waals surface area (Å²) in [7, 11) is 0. The molecule has 0 aromatic heterocycles. The van der Waals surface area contributed by atoms with Crippen LogP contribution in [-0.4, -0.2) is 6.61 Å². The number of rotatable bonds is 0. The van der Waals surface area contributed by atoms with E-state index < -0.39 is 0 Å². The van der Waals surface area contributed by atoms with E-state index in [9.17, 15) is 0 Å². The molecule has 1 nitrogen and oxygen atoms in total. The molecule has 1 aliphatic heterocycles. The van der Waals surface area contributed by atoms with Crippen LogP contribution in [0.25, 0.3) is 0 Å². The van der Waals surface area contributed by atoms with E-state index in [2.05, 4.69) is 56.0 Å². The predicted molar refractivity (Wildman–Crippen MR) is 81.6 cm³/mol. The highest BCUT2D eigenvalue weighted by molar-refractivity contribution is 5.43. The van der Waals surface area contributed by atoms with Crippen molar-refractivity contribution in [1.82, 2.24) is 0 Å². The second-order valence-electron chi connectivity index (χ2n) is 5.28. The van der Waals surface area contributed by atoms with E-state index in [-0.39, 0.29) is 6.10 Å². The Balaban J connectivity index is 1.93. The Kier molecular flexibility index (Phi) is 3.58. The number of fused-ring (bicyclic) bond motifs is 1. The minimum Gasteiger partial charge on any atom is -0.360 e. The Hall–Kier alpha value is -2.04. The lowest BCUT2D eigenvalue weighted by molar-refractivity contribution is 0.0811. The van der Waals surface area contributed by atoms with E-state index in [4.69, 9.17) is 4.74 Å². The Morgan fingerprint density at radius 2 is 1.95 bits per heavy atom. The molecular formula is C19H18O. The third-order valence-corrected chi connectivity index (χ3v) is 3.73. The molecule has 3 rings (SSSR count).